The summed E-state index contributed by atoms with van der Waals surface area (Å²) < 4.78 is 38.8. The Morgan fingerprint density at radius 2 is 2.00 bits per heavy atom. The average Bonchev–Trinajstić information content (AvgIpc) is 3.74. The number of aromatic nitrogens is 1. The van der Waals surface area contributed by atoms with E-state index >= 15 is 0 Å². The van der Waals surface area contributed by atoms with Gasteiger partial charge in [-0.1, -0.05) is 23.7 Å². The standard InChI is InChI=1S/C32H35ClF2N4O3S/c1-18-19(5-3-6-26(18)41-2)17-39(21-8-9-21)32(40)29-22(13-20-14-36-15-25(29)38-20)27-16-37-28(43-27)7-4-12-42-31-24(35)11-10-23(34)30(31)33/h3,5-6,10-11,16,20-21,25,36,38H,4,7-9,12-15,17H2,1-2H3/t20?,25-/m1/s1. The molecule has 3 aliphatic rings. The highest BCUT2D eigenvalue weighted by Crippen LogP contribution is 2.38. The molecule has 1 saturated heterocycles. The zero-order valence-electron chi connectivity index (χ0n) is 24.2. The average molecular weight is 629 g/mol. The van der Waals surface area contributed by atoms with Crippen molar-refractivity contribution >= 4 is 34.4 Å². The second-order valence-corrected chi connectivity index (χ2v) is 12.8. The molecule has 2 aliphatic heterocycles. The maximum Gasteiger partial charge on any atom is 0.252 e. The summed E-state index contributed by atoms with van der Waals surface area (Å²) in [5, 5.41) is 7.72. The first-order chi connectivity index (χ1) is 20.8. The van der Waals surface area contributed by atoms with Gasteiger partial charge in [0, 0.05) is 49.9 Å². The number of benzene rings is 2. The Morgan fingerprint density at radius 1 is 1.19 bits per heavy atom. The van der Waals surface area contributed by atoms with Crippen LogP contribution in [0.3, 0.4) is 0 Å². The molecule has 2 bridgehead atoms. The van der Waals surface area contributed by atoms with Gasteiger partial charge in [0.2, 0.25) is 0 Å². The van der Waals surface area contributed by atoms with Crippen molar-refractivity contribution in [1.29, 1.82) is 0 Å². The Kier molecular flexibility index (Phi) is 9.00. The van der Waals surface area contributed by atoms with Gasteiger partial charge in [-0.25, -0.2) is 13.8 Å². The van der Waals surface area contributed by atoms with E-state index in [2.05, 4.69) is 21.7 Å². The Bertz CT molecular complexity index is 1540. The molecular weight excluding hydrogens is 594 g/mol. The van der Waals surface area contributed by atoms with Crippen LogP contribution < -0.4 is 20.1 Å². The van der Waals surface area contributed by atoms with E-state index in [-0.39, 0.29) is 41.4 Å². The van der Waals surface area contributed by atoms with Crippen LogP contribution in [0.4, 0.5) is 8.78 Å². The van der Waals surface area contributed by atoms with E-state index in [0.717, 1.165) is 75.8 Å². The van der Waals surface area contributed by atoms with E-state index in [1.54, 1.807) is 18.4 Å². The van der Waals surface area contributed by atoms with Crippen LogP contribution in [-0.2, 0) is 17.8 Å². The van der Waals surface area contributed by atoms with Crippen molar-refractivity contribution in [2.45, 2.75) is 63.7 Å². The van der Waals surface area contributed by atoms with Crippen LogP contribution in [0.5, 0.6) is 11.5 Å². The second-order valence-electron chi connectivity index (χ2n) is 11.3. The lowest BCUT2D eigenvalue weighted by Gasteiger charge is -2.40. The number of rotatable bonds is 11. The van der Waals surface area contributed by atoms with Crippen LogP contribution in [0.2, 0.25) is 5.02 Å². The molecule has 7 nitrogen and oxygen atoms in total. The van der Waals surface area contributed by atoms with Crippen molar-refractivity contribution in [3.8, 4) is 11.5 Å². The summed E-state index contributed by atoms with van der Waals surface area (Å²) in [6.07, 6.45) is 5.78. The molecule has 43 heavy (non-hydrogen) atoms. The number of halogens is 3. The molecule has 11 heteroatoms. The van der Waals surface area contributed by atoms with E-state index in [1.165, 1.54) is 0 Å². The van der Waals surface area contributed by atoms with Gasteiger partial charge in [-0.15, -0.1) is 11.3 Å². The summed E-state index contributed by atoms with van der Waals surface area (Å²) in [7, 11) is 1.67. The summed E-state index contributed by atoms with van der Waals surface area (Å²) in [6.45, 7) is 4.29. The lowest BCUT2D eigenvalue weighted by atomic mass is 9.86. The van der Waals surface area contributed by atoms with E-state index in [1.807, 2.05) is 30.2 Å². The molecule has 2 atom stereocenters. The third-order valence-corrected chi connectivity index (χ3v) is 9.84. The molecular formula is C32H35ClF2N4O3S. The third-order valence-electron chi connectivity index (χ3n) is 8.37. The number of methoxy groups -OCH3 is 1. The monoisotopic (exact) mass is 628 g/mol. The Labute approximate surface area is 259 Å². The molecule has 3 aromatic rings. The Balaban J connectivity index is 1.21. The van der Waals surface area contributed by atoms with Crippen molar-refractivity contribution in [3.63, 3.8) is 0 Å². The predicted molar refractivity (Wildman–Crippen MR) is 164 cm³/mol. The van der Waals surface area contributed by atoms with Crippen molar-refractivity contribution in [1.82, 2.24) is 20.5 Å². The molecule has 6 rings (SSSR count). The number of ether oxygens (including phenoxy) is 2. The molecule has 3 heterocycles. The molecule has 2 aromatic carbocycles. The number of carbonyl (C=O) groups is 1. The Morgan fingerprint density at radius 3 is 2.79 bits per heavy atom. The molecule has 1 amide bonds. The predicted octanol–water partition coefficient (Wildman–Crippen LogP) is 5.68. The minimum Gasteiger partial charge on any atom is -0.496 e. The zero-order chi connectivity index (χ0) is 30.1. The molecule has 1 aromatic heterocycles. The maximum absolute atomic E-state index is 14.4. The minimum atomic E-state index is -0.720. The number of hydrogen-bond donors (Lipinski definition) is 2. The largest absolute Gasteiger partial charge is 0.496 e. The summed E-state index contributed by atoms with van der Waals surface area (Å²) in [5.74, 6) is -0.779. The maximum atomic E-state index is 14.4. The summed E-state index contributed by atoms with van der Waals surface area (Å²) >= 11 is 7.45. The number of thiazole rings is 1. The second kappa shape index (κ2) is 12.9. The highest BCUT2D eigenvalue weighted by molar-refractivity contribution is 7.12. The molecule has 0 radical (unpaired) electrons. The van der Waals surface area contributed by atoms with Gasteiger partial charge in [-0.05, 0) is 67.5 Å². The summed E-state index contributed by atoms with van der Waals surface area (Å²) in [4.78, 5) is 22.1. The van der Waals surface area contributed by atoms with Crippen LogP contribution in [0.1, 0.15) is 46.7 Å². The molecule has 1 unspecified atom stereocenters. The van der Waals surface area contributed by atoms with Crippen molar-refractivity contribution in [3.05, 3.63) is 79.8 Å². The van der Waals surface area contributed by atoms with E-state index in [9.17, 15) is 13.6 Å². The van der Waals surface area contributed by atoms with Gasteiger partial charge in [0.15, 0.2) is 11.6 Å². The van der Waals surface area contributed by atoms with Gasteiger partial charge >= 0.3 is 0 Å². The van der Waals surface area contributed by atoms with Gasteiger partial charge < -0.3 is 25.0 Å². The van der Waals surface area contributed by atoms with Gasteiger partial charge in [0.25, 0.3) is 5.91 Å². The topological polar surface area (TPSA) is 75.7 Å². The first kappa shape index (κ1) is 30.0. The molecule has 1 saturated carbocycles. The van der Waals surface area contributed by atoms with Crippen molar-refractivity contribution < 1.29 is 23.0 Å². The highest BCUT2D eigenvalue weighted by Gasteiger charge is 2.41. The normalized spacial score (nSPS) is 19.8. The number of aryl methyl sites for hydroxylation is 1. The van der Waals surface area contributed by atoms with Crippen LogP contribution in [0, 0.1) is 18.6 Å². The van der Waals surface area contributed by atoms with Crippen LogP contribution in [-0.4, -0.2) is 60.7 Å². The smallest absolute Gasteiger partial charge is 0.252 e. The number of fused-ring (bicyclic) bond motifs is 2. The molecule has 228 valence electrons. The fraction of sp³-hybridized carbons (Fsp3) is 0.438. The van der Waals surface area contributed by atoms with Crippen LogP contribution >= 0.6 is 22.9 Å². The molecule has 1 aliphatic carbocycles. The lowest BCUT2D eigenvalue weighted by Crippen LogP contribution is -2.59. The first-order valence-electron chi connectivity index (χ1n) is 14.7. The van der Waals surface area contributed by atoms with Crippen molar-refractivity contribution in [2.75, 3.05) is 26.8 Å². The third kappa shape index (κ3) is 6.43. The fourth-order valence-corrected chi connectivity index (χ4v) is 7.18. The van der Waals surface area contributed by atoms with Gasteiger partial charge in [-0.3, -0.25) is 4.79 Å². The van der Waals surface area contributed by atoms with Crippen LogP contribution in [0.15, 0.2) is 42.1 Å². The lowest BCUT2D eigenvalue weighted by molar-refractivity contribution is -0.128. The number of hydrogen-bond acceptors (Lipinski definition) is 7. The van der Waals surface area contributed by atoms with Gasteiger partial charge in [-0.2, -0.15) is 0 Å². The van der Waals surface area contributed by atoms with E-state index < -0.39 is 11.6 Å². The van der Waals surface area contributed by atoms with Crippen molar-refractivity contribution in [2.24, 2.45) is 0 Å². The number of nitrogens with one attached hydrogen (secondary N) is 2. The fourth-order valence-electron chi connectivity index (χ4n) is 5.95. The number of nitrogens with zero attached hydrogens (tertiary/aromatic N) is 2. The minimum absolute atomic E-state index is 0.0764. The van der Waals surface area contributed by atoms with E-state index in [0.29, 0.717) is 25.9 Å². The summed E-state index contributed by atoms with van der Waals surface area (Å²) in [5.41, 5.74) is 4.04. The van der Waals surface area contributed by atoms with Gasteiger partial charge in [0.1, 0.15) is 16.6 Å². The molecule has 2 N–H and O–H groups in total. The van der Waals surface area contributed by atoms with Gasteiger partial charge in [0.05, 0.1) is 29.6 Å². The summed E-state index contributed by atoms with van der Waals surface area (Å²) in [6, 6.07) is 8.37. The highest BCUT2D eigenvalue weighted by atomic mass is 35.5. The Hall–Kier alpha value is -3.05. The molecule has 0 spiro atoms. The number of piperazine rings is 1. The molecule has 2 fully saturated rings. The number of carbonyl (C=O) groups excluding carboxylic acids is 1. The quantitative estimate of drug-likeness (QED) is 0.210. The zero-order valence-corrected chi connectivity index (χ0v) is 25.8. The van der Waals surface area contributed by atoms with Crippen LogP contribution in [0.25, 0.3) is 5.57 Å². The SMILES string of the molecule is COc1cccc(CN(C(=O)C2=C(c3cnc(CCCOc4c(F)ccc(F)c4Cl)s3)CC3CNC[C@H]2N3)C2CC2)c1C. The number of amides is 1. The van der Waals surface area contributed by atoms with E-state index in [4.69, 9.17) is 21.1 Å². The first-order valence-corrected chi connectivity index (χ1v) is 15.9.